The molecule has 0 unspecified atom stereocenters. The Kier molecular flexibility index (Phi) is 0.474. The molecule has 0 radical (unpaired) electrons. The van der Waals surface area contributed by atoms with Crippen LogP contribution >= 0.6 is 0 Å². The Bertz CT molecular complexity index is 90.7. The topological polar surface area (TPSA) is 35.2 Å². The summed E-state index contributed by atoms with van der Waals surface area (Å²) in [5, 5.41) is 0. The van der Waals surface area contributed by atoms with Gasteiger partial charge in [-0.1, -0.05) is 0 Å². The van der Waals surface area contributed by atoms with Crippen LogP contribution in [0.25, 0.3) is 0 Å². The van der Waals surface area contributed by atoms with E-state index in [0.29, 0.717) is 0 Å². The van der Waals surface area contributed by atoms with Crippen molar-refractivity contribution in [3.05, 3.63) is 0 Å². The number of fused-ring (bicyclic) bond motifs is 1. The highest BCUT2D eigenvalue weighted by molar-refractivity contribution is 4.96. The molecule has 2 N–H and O–H groups in total. The van der Waals surface area contributed by atoms with E-state index in [1.54, 1.807) is 0 Å². The van der Waals surface area contributed by atoms with Crippen LogP contribution in [0.5, 0.6) is 0 Å². The SMILES string of the molecule is NC12CC(CO1)C2. The van der Waals surface area contributed by atoms with Gasteiger partial charge in [-0.3, -0.25) is 0 Å². The van der Waals surface area contributed by atoms with Crippen LogP contribution in [0.1, 0.15) is 12.8 Å². The number of hydrogen-bond acceptors (Lipinski definition) is 2. The summed E-state index contributed by atoms with van der Waals surface area (Å²) in [5.74, 6) is 0.810. The quantitative estimate of drug-likeness (QED) is 0.467. The molecule has 0 aromatic carbocycles. The maximum atomic E-state index is 5.62. The molecular formula is C5H9NO. The molecule has 40 valence electrons. The molecule has 3 fully saturated rings. The maximum Gasteiger partial charge on any atom is 0.117 e. The van der Waals surface area contributed by atoms with Gasteiger partial charge in [-0.05, 0) is 18.8 Å². The number of ether oxygens (including phenoxy) is 1. The molecule has 0 spiro atoms. The second-order valence-electron chi connectivity index (χ2n) is 2.65. The minimum Gasteiger partial charge on any atom is -0.361 e. The standard InChI is InChI=1S/C5H9NO/c6-5-1-4(2-5)3-7-5/h4H,1-3,6H2. The third kappa shape index (κ3) is 0.359. The van der Waals surface area contributed by atoms with E-state index in [1.165, 1.54) is 0 Å². The minimum absolute atomic E-state index is 0.162. The molecule has 2 nitrogen and oxygen atoms in total. The third-order valence-electron chi connectivity index (χ3n) is 1.87. The molecule has 3 rings (SSSR count). The Morgan fingerprint density at radius 3 is 2.43 bits per heavy atom. The van der Waals surface area contributed by atoms with Crippen LogP contribution in [0.4, 0.5) is 0 Å². The van der Waals surface area contributed by atoms with Crippen LogP contribution in [0.3, 0.4) is 0 Å². The van der Waals surface area contributed by atoms with Gasteiger partial charge in [-0.2, -0.15) is 0 Å². The molecule has 0 atom stereocenters. The molecule has 2 heteroatoms. The van der Waals surface area contributed by atoms with E-state index < -0.39 is 0 Å². The maximum absolute atomic E-state index is 5.62. The molecule has 0 aromatic rings. The van der Waals surface area contributed by atoms with Gasteiger partial charge in [-0.25, -0.2) is 0 Å². The molecule has 1 saturated carbocycles. The Hall–Kier alpha value is -0.0800. The highest BCUT2D eigenvalue weighted by atomic mass is 16.5. The van der Waals surface area contributed by atoms with E-state index in [-0.39, 0.29) is 5.72 Å². The summed E-state index contributed by atoms with van der Waals surface area (Å²) in [6.07, 6.45) is 2.21. The van der Waals surface area contributed by atoms with Crippen LogP contribution < -0.4 is 5.73 Å². The number of hydrogen-bond donors (Lipinski definition) is 1. The second-order valence-corrected chi connectivity index (χ2v) is 2.65. The third-order valence-corrected chi connectivity index (χ3v) is 1.87. The average molecular weight is 99.1 g/mol. The predicted molar refractivity (Wildman–Crippen MR) is 25.6 cm³/mol. The first-order valence-corrected chi connectivity index (χ1v) is 2.71. The second kappa shape index (κ2) is 0.858. The van der Waals surface area contributed by atoms with Gasteiger partial charge < -0.3 is 10.5 Å². The highest BCUT2D eigenvalue weighted by Crippen LogP contribution is 2.43. The van der Waals surface area contributed by atoms with E-state index in [0.717, 1.165) is 25.4 Å². The molecule has 2 bridgehead atoms. The first-order chi connectivity index (χ1) is 3.29. The summed E-state index contributed by atoms with van der Waals surface area (Å²) < 4.78 is 5.19. The molecule has 0 aromatic heterocycles. The molecule has 7 heavy (non-hydrogen) atoms. The van der Waals surface area contributed by atoms with Crippen molar-refractivity contribution in [3.63, 3.8) is 0 Å². The van der Waals surface area contributed by atoms with Gasteiger partial charge in [0, 0.05) is 0 Å². The number of nitrogens with two attached hydrogens (primary N) is 1. The molecular weight excluding hydrogens is 90.1 g/mol. The van der Waals surface area contributed by atoms with Crippen LogP contribution in [-0.2, 0) is 4.74 Å². The molecule has 2 saturated heterocycles. The van der Waals surface area contributed by atoms with Crippen LogP contribution in [0, 0.1) is 5.92 Å². The van der Waals surface area contributed by atoms with E-state index >= 15 is 0 Å². The lowest BCUT2D eigenvalue weighted by molar-refractivity contribution is 0.00811. The van der Waals surface area contributed by atoms with Crippen LogP contribution in [0.2, 0.25) is 0 Å². The number of rotatable bonds is 0. The Morgan fingerprint density at radius 2 is 2.29 bits per heavy atom. The fraction of sp³-hybridized carbons (Fsp3) is 1.00. The van der Waals surface area contributed by atoms with Gasteiger partial charge >= 0.3 is 0 Å². The monoisotopic (exact) mass is 99.1 g/mol. The summed E-state index contributed by atoms with van der Waals surface area (Å²) in [4.78, 5) is 0. The van der Waals surface area contributed by atoms with E-state index in [2.05, 4.69) is 0 Å². The van der Waals surface area contributed by atoms with Crippen molar-refractivity contribution in [2.45, 2.75) is 18.6 Å². The molecule has 2 aliphatic heterocycles. The normalized spacial score (nSPS) is 57.0. The zero-order chi connectivity index (χ0) is 4.91. The van der Waals surface area contributed by atoms with Gasteiger partial charge in [0.05, 0.1) is 6.61 Å². The average Bonchev–Trinajstić information content (AvgIpc) is 1.88. The van der Waals surface area contributed by atoms with Gasteiger partial charge in [0.1, 0.15) is 5.72 Å². The highest BCUT2D eigenvalue weighted by Gasteiger charge is 2.48. The van der Waals surface area contributed by atoms with E-state index in [1.807, 2.05) is 0 Å². The predicted octanol–water partition coefficient (Wildman–Crippen LogP) is 0.0816. The lowest BCUT2D eigenvalue weighted by Gasteiger charge is -2.30. The van der Waals surface area contributed by atoms with E-state index in [9.17, 15) is 0 Å². The Labute approximate surface area is 42.6 Å². The van der Waals surface area contributed by atoms with Gasteiger partial charge in [-0.15, -0.1) is 0 Å². The van der Waals surface area contributed by atoms with Crippen molar-refractivity contribution in [3.8, 4) is 0 Å². The fourth-order valence-corrected chi connectivity index (χ4v) is 1.44. The smallest absolute Gasteiger partial charge is 0.117 e. The summed E-state index contributed by atoms with van der Waals surface area (Å²) in [5.41, 5.74) is 5.46. The largest absolute Gasteiger partial charge is 0.361 e. The Morgan fingerprint density at radius 1 is 1.57 bits per heavy atom. The summed E-state index contributed by atoms with van der Waals surface area (Å²) in [6, 6.07) is 0. The minimum atomic E-state index is -0.162. The van der Waals surface area contributed by atoms with E-state index in [4.69, 9.17) is 10.5 Å². The molecule has 1 aliphatic carbocycles. The van der Waals surface area contributed by atoms with Crippen LogP contribution in [-0.4, -0.2) is 12.3 Å². The lowest BCUT2D eigenvalue weighted by atomic mass is 9.82. The molecule has 3 aliphatic rings. The van der Waals surface area contributed by atoms with Crippen molar-refractivity contribution in [1.82, 2.24) is 0 Å². The lowest BCUT2D eigenvalue weighted by Crippen LogP contribution is -2.45. The summed E-state index contributed by atoms with van der Waals surface area (Å²) in [6.45, 7) is 0.913. The summed E-state index contributed by atoms with van der Waals surface area (Å²) in [7, 11) is 0. The Balaban J connectivity index is 2.20. The van der Waals surface area contributed by atoms with Crippen LogP contribution in [0.15, 0.2) is 0 Å². The molecule has 0 amide bonds. The first kappa shape index (κ1) is 3.87. The fourth-order valence-electron chi connectivity index (χ4n) is 1.44. The van der Waals surface area contributed by atoms with Gasteiger partial charge in [0.25, 0.3) is 0 Å². The van der Waals surface area contributed by atoms with Crippen molar-refractivity contribution < 1.29 is 4.74 Å². The molecule has 2 heterocycles. The zero-order valence-corrected chi connectivity index (χ0v) is 4.18. The van der Waals surface area contributed by atoms with Gasteiger partial charge in [0.2, 0.25) is 0 Å². The summed E-state index contributed by atoms with van der Waals surface area (Å²) >= 11 is 0. The first-order valence-electron chi connectivity index (χ1n) is 2.71. The zero-order valence-electron chi connectivity index (χ0n) is 4.18. The van der Waals surface area contributed by atoms with Crippen molar-refractivity contribution in [2.75, 3.05) is 6.61 Å². The van der Waals surface area contributed by atoms with Gasteiger partial charge in [0.15, 0.2) is 0 Å². The van der Waals surface area contributed by atoms with Crippen molar-refractivity contribution in [1.29, 1.82) is 0 Å². The van der Waals surface area contributed by atoms with Crippen molar-refractivity contribution >= 4 is 0 Å². The van der Waals surface area contributed by atoms with Crippen molar-refractivity contribution in [2.24, 2.45) is 11.7 Å².